The van der Waals surface area contributed by atoms with E-state index in [0.717, 1.165) is 3.70 Å². The Morgan fingerprint density at radius 1 is 1.62 bits per heavy atom. The summed E-state index contributed by atoms with van der Waals surface area (Å²) in [7, 11) is 0. The van der Waals surface area contributed by atoms with Crippen molar-refractivity contribution >= 4 is 28.7 Å². The lowest BCUT2D eigenvalue weighted by Gasteiger charge is -2.33. The first kappa shape index (κ1) is 13.3. The first-order valence-electron chi connectivity index (χ1n) is 5.04. The van der Waals surface area contributed by atoms with Gasteiger partial charge in [-0.05, 0) is 50.3 Å². The van der Waals surface area contributed by atoms with Gasteiger partial charge in [-0.2, -0.15) is 4.73 Å². The molecule has 0 radical (unpaired) electrons. The number of rotatable bonds is 2. The van der Waals surface area contributed by atoms with Gasteiger partial charge < -0.3 is 9.74 Å². The molecule has 0 unspecified atom stereocenters. The molecular formula is C10H16IN3O2. The fraction of sp³-hybridized carbons (Fsp3) is 0.600. The molecule has 0 spiro atoms. The molecule has 0 saturated heterocycles. The molecule has 1 amide bonds. The predicted octanol–water partition coefficient (Wildman–Crippen LogP) is 2.16. The molecule has 5 nitrogen and oxygen atoms in total. The number of carbonyl (C=O) groups is 1. The Labute approximate surface area is 109 Å². The van der Waals surface area contributed by atoms with Crippen molar-refractivity contribution in [3.63, 3.8) is 0 Å². The van der Waals surface area contributed by atoms with Crippen LogP contribution in [0.15, 0.2) is 12.5 Å². The lowest BCUT2D eigenvalue weighted by Crippen LogP contribution is -2.48. The molecule has 0 aliphatic rings. The zero-order valence-electron chi connectivity index (χ0n) is 9.90. The van der Waals surface area contributed by atoms with Crippen LogP contribution in [0, 0.1) is 3.70 Å². The highest BCUT2D eigenvalue weighted by Crippen LogP contribution is 2.13. The Morgan fingerprint density at radius 3 is 2.62 bits per heavy atom. The zero-order valence-corrected chi connectivity index (χ0v) is 12.1. The Morgan fingerprint density at radius 2 is 2.25 bits per heavy atom. The molecule has 1 aromatic rings. The van der Waals surface area contributed by atoms with E-state index in [4.69, 9.17) is 4.84 Å². The molecule has 0 bridgehead atoms. The Hall–Kier alpha value is -0.790. The Balaban J connectivity index is 2.71. The number of amides is 1. The third-order valence-electron chi connectivity index (χ3n) is 2.06. The molecule has 0 saturated carbocycles. The molecule has 0 aromatic carbocycles. The topological polar surface area (TPSA) is 47.4 Å². The van der Waals surface area contributed by atoms with Crippen LogP contribution in [-0.2, 0) is 0 Å². The summed E-state index contributed by atoms with van der Waals surface area (Å²) < 4.78 is 2.10. The molecule has 90 valence electrons. The molecule has 1 rings (SSSR count). The number of nitrogens with zero attached hydrogens (tertiary/aromatic N) is 3. The van der Waals surface area contributed by atoms with Gasteiger partial charge in [0.15, 0.2) is 0 Å². The van der Waals surface area contributed by atoms with Crippen LogP contribution < -0.4 is 4.84 Å². The van der Waals surface area contributed by atoms with Crippen molar-refractivity contribution in [2.75, 3.05) is 6.54 Å². The third kappa shape index (κ3) is 3.36. The summed E-state index contributed by atoms with van der Waals surface area (Å²) in [6.07, 6.45) is 2.74. The van der Waals surface area contributed by atoms with Gasteiger partial charge in [0.1, 0.15) is 10.0 Å². The second kappa shape index (κ2) is 5.03. The molecule has 1 heterocycles. The number of hydrogen-bond acceptors (Lipinski definition) is 3. The highest BCUT2D eigenvalue weighted by atomic mass is 127. The third-order valence-corrected chi connectivity index (χ3v) is 2.62. The summed E-state index contributed by atoms with van der Waals surface area (Å²) in [5.41, 5.74) is -0.250. The van der Waals surface area contributed by atoms with Crippen LogP contribution in [0.2, 0.25) is 0 Å². The van der Waals surface area contributed by atoms with E-state index < -0.39 is 0 Å². The smallest absolute Gasteiger partial charge is 0.316 e. The fourth-order valence-electron chi connectivity index (χ4n) is 1.35. The summed E-state index contributed by atoms with van der Waals surface area (Å²) >= 11 is 2.05. The van der Waals surface area contributed by atoms with Crippen molar-refractivity contribution in [1.29, 1.82) is 0 Å². The van der Waals surface area contributed by atoms with Gasteiger partial charge in [0, 0.05) is 12.1 Å². The van der Waals surface area contributed by atoms with Gasteiger partial charge in [-0.1, -0.05) is 0 Å². The summed E-state index contributed by atoms with van der Waals surface area (Å²) in [6.45, 7) is 8.43. The van der Waals surface area contributed by atoms with Crippen LogP contribution in [-0.4, -0.2) is 32.8 Å². The quantitative estimate of drug-likeness (QED) is 0.777. The minimum absolute atomic E-state index is 0.250. The van der Waals surface area contributed by atoms with Gasteiger partial charge in [0.2, 0.25) is 0 Å². The number of hydrogen-bond donors (Lipinski definition) is 0. The van der Waals surface area contributed by atoms with Crippen LogP contribution in [0.4, 0.5) is 4.79 Å². The van der Waals surface area contributed by atoms with Crippen LogP contribution in [0.25, 0.3) is 0 Å². The second-order valence-electron chi connectivity index (χ2n) is 4.33. The van der Waals surface area contributed by atoms with E-state index in [1.165, 1.54) is 11.1 Å². The molecule has 0 atom stereocenters. The fourth-order valence-corrected chi connectivity index (χ4v) is 1.75. The van der Waals surface area contributed by atoms with Gasteiger partial charge in [0.25, 0.3) is 0 Å². The standard InChI is InChI=1S/C10H16IN3O2/c1-5-14(10(2,3)4)9(15)16-13-6-8(11)12-7-13/h6-7H,5H2,1-4H3. The Bertz CT molecular complexity index is 370. The van der Waals surface area contributed by atoms with Gasteiger partial charge in [-0.3, -0.25) is 0 Å². The highest BCUT2D eigenvalue weighted by Gasteiger charge is 2.26. The summed E-state index contributed by atoms with van der Waals surface area (Å²) in [5.74, 6) is 0. The molecule has 0 aliphatic heterocycles. The maximum Gasteiger partial charge on any atom is 0.435 e. The largest absolute Gasteiger partial charge is 0.435 e. The average molecular weight is 337 g/mol. The average Bonchev–Trinajstić information content (AvgIpc) is 2.49. The lowest BCUT2D eigenvalue weighted by atomic mass is 10.1. The SMILES string of the molecule is CCN(C(=O)On1cnc(I)c1)C(C)(C)C. The Kier molecular flexibility index (Phi) is 4.17. The molecule has 1 aromatic heterocycles. The maximum atomic E-state index is 11.9. The predicted molar refractivity (Wildman–Crippen MR) is 69.1 cm³/mol. The van der Waals surface area contributed by atoms with Gasteiger partial charge in [0.05, 0.1) is 6.20 Å². The van der Waals surface area contributed by atoms with Crippen LogP contribution in [0.5, 0.6) is 0 Å². The maximum absolute atomic E-state index is 11.9. The molecular weight excluding hydrogens is 321 g/mol. The van der Waals surface area contributed by atoms with Gasteiger partial charge in [-0.25, -0.2) is 9.78 Å². The summed E-state index contributed by atoms with van der Waals surface area (Å²) in [6, 6.07) is 0. The van der Waals surface area contributed by atoms with Crippen molar-refractivity contribution in [2.24, 2.45) is 0 Å². The molecule has 0 aliphatic carbocycles. The van der Waals surface area contributed by atoms with Crippen molar-refractivity contribution in [3.8, 4) is 0 Å². The van der Waals surface area contributed by atoms with Crippen molar-refractivity contribution in [3.05, 3.63) is 16.2 Å². The monoisotopic (exact) mass is 337 g/mol. The summed E-state index contributed by atoms with van der Waals surface area (Å²) in [4.78, 5) is 22.6. The number of aromatic nitrogens is 2. The van der Waals surface area contributed by atoms with E-state index in [2.05, 4.69) is 27.6 Å². The van der Waals surface area contributed by atoms with E-state index in [-0.39, 0.29) is 11.6 Å². The first-order valence-corrected chi connectivity index (χ1v) is 6.12. The normalized spacial score (nSPS) is 11.3. The van der Waals surface area contributed by atoms with E-state index in [1.54, 1.807) is 11.1 Å². The number of carbonyl (C=O) groups excluding carboxylic acids is 1. The first-order chi connectivity index (χ1) is 7.34. The minimum Gasteiger partial charge on any atom is -0.316 e. The van der Waals surface area contributed by atoms with Gasteiger partial charge >= 0.3 is 6.09 Å². The van der Waals surface area contributed by atoms with Crippen LogP contribution in [0.1, 0.15) is 27.7 Å². The van der Waals surface area contributed by atoms with Crippen molar-refractivity contribution < 1.29 is 9.63 Å². The van der Waals surface area contributed by atoms with Gasteiger partial charge in [-0.15, -0.1) is 0 Å². The summed E-state index contributed by atoms with van der Waals surface area (Å²) in [5, 5.41) is 0. The molecule has 0 N–H and O–H groups in total. The lowest BCUT2D eigenvalue weighted by molar-refractivity contribution is 0.0631. The number of imidazole rings is 1. The highest BCUT2D eigenvalue weighted by molar-refractivity contribution is 14.1. The molecule has 0 fully saturated rings. The van der Waals surface area contributed by atoms with Crippen molar-refractivity contribution in [2.45, 2.75) is 33.2 Å². The van der Waals surface area contributed by atoms with Crippen LogP contribution in [0.3, 0.4) is 0 Å². The zero-order chi connectivity index (χ0) is 12.3. The number of halogens is 1. The molecule has 6 heteroatoms. The van der Waals surface area contributed by atoms with E-state index >= 15 is 0 Å². The second-order valence-corrected chi connectivity index (χ2v) is 5.43. The van der Waals surface area contributed by atoms with E-state index in [0.29, 0.717) is 6.54 Å². The van der Waals surface area contributed by atoms with Crippen LogP contribution >= 0.6 is 22.6 Å². The minimum atomic E-state index is -0.371. The molecule has 16 heavy (non-hydrogen) atoms. The van der Waals surface area contributed by atoms with E-state index in [9.17, 15) is 4.79 Å². The van der Waals surface area contributed by atoms with Crippen molar-refractivity contribution in [1.82, 2.24) is 14.6 Å². The van der Waals surface area contributed by atoms with E-state index in [1.807, 2.05) is 27.7 Å².